The second kappa shape index (κ2) is 6.77. The van der Waals surface area contributed by atoms with E-state index in [1.165, 1.54) is 23.0 Å². The Hall–Kier alpha value is -1.91. The molecule has 136 valence electrons. The third-order valence-corrected chi connectivity index (χ3v) is 6.23. The molecule has 0 bridgehead atoms. The van der Waals surface area contributed by atoms with Crippen molar-refractivity contribution in [3.05, 3.63) is 22.8 Å². The van der Waals surface area contributed by atoms with E-state index in [-0.39, 0.29) is 17.7 Å². The molecule has 5 nitrogen and oxygen atoms in total. The molecule has 25 heavy (non-hydrogen) atoms. The normalized spacial score (nSPS) is 23.0. The summed E-state index contributed by atoms with van der Waals surface area (Å²) >= 11 is 0. The van der Waals surface area contributed by atoms with Gasteiger partial charge in [-0.3, -0.25) is 9.36 Å². The van der Waals surface area contributed by atoms with Crippen LogP contribution in [0.25, 0.3) is 0 Å². The number of hydrogen-bond donors (Lipinski definition) is 2. The fourth-order valence-electron chi connectivity index (χ4n) is 4.75. The number of fused-ring (bicyclic) bond motifs is 2. The quantitative estimate of drug-likeness (QED) is 0.828. The van der Waals surface area contributed by atoms with Crippen LogP contribution in [-0.2, 0) is 24.2 Å². The Morgan fingerprint density at radius 1 is 1.08 bits per heavy atom. The van der Waals surface area contributed by atoms with Gasteiger partial charge in [0, 0.05) is 37.2 Å². The fourth-order valence-corrected chi connectivity index (χ4v) is 4.75. The van der Waals surface area contributed by atoms with E-state index in [0.29, 0.717) is 18.9 Å². The molecule has 0 saturated carbocycles. The number of likely N-dealkylation sites (tertiary alicyclic amines) is 1. The number of aromatic hydroxyl groups is 2. The van der Waals surface area contributed by atoms with Crippen molar-refractivity contribution in [1.82, 2.24) is 9.47 Å². The molecule has 1 unspecified atom stereocenters. The van der Waals surface area contributed by atoms with Crippen LogP contribution in [0.4, 0.5) is 0 Å². The van der Waals surface area contributed by atoms with Crippen molar-refractivity contribution in [3.8, 4) is 11.8 Å². The summed E-state index contributed by atoms with van der Waals surface area (Å²) < 4.78 is 1.53. The highest BCUT2D eigenvalue weighted by Crippen LogP contribution is 2.39. The third kappa shape index (κ3) is 3.05. The van der Waals surface area contributed by atoms with Gasteiger partial charge in [-0.1, -0.05) is 11.6 Å². The van der Waals surface area contributed by atoms with Crippen molar-refractivity contribution in [2.75, 3.05) is 13.1 Å². The van der Waals surface area contributed by atoms with Crippen LogP contribution in [0.2, 0.25) is 0 Å². The van der Waals surface area contributed by atoms with Crippen molar-refractivity contribution in [2.24, 2.45) is 5.92 Å². The second-order valence-electron chi connectivity index (χ2n) is 7.72. The van der Waals surface area contributed by atoms with Gasteiger partial charge in [-0.15, -0.1) is 0 Å². The minimum Gasteiger partial charge on any atom is -0.494 e. The number of nitrogens with zero attached hydrogens (tertiary/aromatic N) is 2. The summed E-state index contributed by atoms with van der Waals surface area (Å²) in [5.41, 5.74) is 3.20. The monoisotopic (exact) mass is 344 g/mol. The Morgan fingerprint density at radius 3 is 2.52 bits per heavy atom. The molecule has 0 aromatic carbocycles. The van der Waals surface area contributed by atoms with Gasteiger partial charge in [0.1, 0.15) is 0 Å². The first-order valence-corrected chi connectivity index (χ1v) is 9.74. The van der Waals surface area contributed by atoms with Gasteiger partial charge in [-0.25, -0.2) is 0 Å². The smallest absolute Gasteiger partial charge is 0.224 e. The number of allylic oxidation sites excluding steroid dienone is 1. The maximum Gasteiger partial charge on any atom is 0.224 e. The van der Waals surface area contributed by atoms with E-state index in [9.17, 15) is 15.0 Å². The Balaban J connectivity index is 1.41. The lowest BCUT2D eigenvalue weighted by Crippen LogP contribution is -2.40. The largest absolute Gasteiger partial charge is 0.494 e. The van der Waals surface area contributed by atoms with Gasteiger partial charge in [0.15, 0.2) is 11.8 Å². The van der Waals surface area contributed by atoms with Crippen molar-refractivity contribution in [1.29, 1.82) is 0 Å². The minimum absolute atomic E-state index is 0.121. The van der Waals surface area contributed by atoms with Gasteiger partial charge < -0.3 is 15.1 Å². The predicted molar refractivity (Wildman–Crippen MR) is 95.6 cm³/mol. The minimum atomic E-state index is 0.121. The highest BCUT2D eigenvalue weighted by molar-refractivity contribution is 5.76. The predicted octanol–water partition coefficient (Wildman–Crippen LogP) is 3.13. The number of amides is 1. The number of piperidine rings is 1. The van der Waals surface area contributed by atoms with E-state index in [4.69, 9.17) is 0 Å². The molecule has 5 heteroatoms. The number of aromatic nitrogens is 1. The molecule has 1 saturated heterocycles. The zero-order valence-corrected chi connectivity index (χ0v) is 14.8. The molecule has 1 aromatic rings. The Bertz CT molecular complexity index is 675. The van der Waals surface area contributed by atoms with Crippen molar-refractivity contribution in [3.63, 3.8) is 0 Å². The van der Waals surface area contributed by atoms with Crippen molar-refractivity contribution < 1.29 is 15.0 Å². The third-order valence-electron chi connectivity index (χ3n) is 6.23. The van der Waals surface area contributed by atoms with E-state index >= 15 is 0 Å². The molecule has 4 rings (SSSR count). The van der Waals surface area contributed by atoms with Crippen molar-refractivity contribution in [2.45, 2.75) is 64.3 Å². The molecule has 0 radical (unpaired) electrons. The lowest BCUT2D eigenvalue weighted by atomic mass is 9.82. The second-order valence-corrected chi connectivity index (χ2v) is 7.72. The molecular weight excluding hydrogens is 316 g/mol. The number of carbonyl (C=O) groups is 1. The van der Waals surface area contributed by atoms with Gasteiger partial charge in [0.05, 0.1) is 0 Å². The molecule has 1 aromatic heterocycles. The first-order valence-electron chi connectivity index (χ1n) is 9.74. The number of hydrogen-bond acceptors (Lipinski definition) is 3. The molecule has 3 aliphatic rings. The maximum absolute atomic E-state index is 12.6. The summed E-state index contributed by atoms with van der Waals surface area (Å²) in [6.07, 6.45) is 11.1. The highest BCUT2D eigenvalue weighted by Gasteiger charge is 2.29. The molecule has 1 aliphatic heterocycles. The summed E-state index contributed by atoms with van der Waals surface area (Å²) in [6, 6.07) is 0. The number of rotatable bonds is 3. The SMILES string of the molecule is O=C(CCn1c(O)c2c(c1O)CCCC2)N1CCC2CCCC=C2C1. The maximum atomic E-state index is 12.6. The molecule has 0 spiro atoms. The molecule has 1 fully saturated rings. The lowest BCUT2D eigenvalue weighted by molar-refractivity contribution is -0.131. The van der Waals surface area contributed by atoms with Crippen LogP contribution >= 0.6 is 0 Å². The zero-order valence-electron chi connectivity index (χ0n) is 14.8. The van der Waals surface area contributed by atoms with Crippen LogP contribution in [0, 0.1) is 5.92 Å². The molecule has 2 N–H and O–H groups in total. The summed E-state index contributed by atoms with van der Waals surface area (Å²) in [5.74, 6) is 1.12. The molecular formula is C20H28N2O3. The Kier molecular flexibility index (Phi) is 4.48. The van der Waals surface area contributed by atoms with Crippen LogP contribution in [0.15, 0.2) is 11.6 Å². The Morgan fingerprint density at radius 2 is 1.80 bits per heavy atom. The van der Waals surface area contributed by atoms with Crippen LogP contribution in [0.3, 0.4) is 0 Å². The molecule has 2 aliphatic carbocycles. The van der Waals surface area contributed by atoms with Crippen LogP contribution in [0.1, 0.15) is 56.1 Å². The average Bonchev–Trinajstić information content (AvgIpc) is 2.90. The molecule has 2 heterocycles. The van der Waals surface area contributed by atoms with E-state index in [1.807, 2.05) is 4.90 Å². The van der Waals surface area contributed by atoms with Crippen LogP contribution in [0.5, 0.6) is 11.8 Å². The van der Waals surface area contributed by atoms with Gasteiger partial charge >= 0.3 is 0 Å². The average molecular weight is 344 g/mol. The van der Waals surface area contributed by atoms with Gasteiger partial charge in [0.2, 0.25) is 5.91 Å². The Labute approximate surface area is 148 Å². The highest BCUT2D eigenvalue weighted by atomic mass is 16.3. The van der Waals surface area contributed by atoms with Crippen LogP contribution in [-0.4, -0.2) is 38.7 Å². The topological polar surface area (TPSA) is 65.7 Å². The van der Waals surface area contributed by atoms with E-state index in [0.717, 1.165) is 62.7 Å². The summed E-state index contributed by atoms with van der Waals surface area (Å²) in [5, 5.41) is 20.8. The van der Waals surface area contributed by atoms with Gasteiger partial charge in [0.25, 0.3) is 0 Å². The van der Waals surface area contributed by atoms with Gasteiger partial charge in [-0.05, 0) is 57.3 Å². The van der Waals surface area contributed by atoms with E-state index in [2.05, 4.69) is 6.08 Å². The van der Waals surface area contributed by atoms with Gasteiger partial charge in [-0.2, -0.15) is 0 Å². The van der Waals surface area contributed by atoms with Crippen LogP contribution < -0.4 is 0 Å². The van der Waals surface area contributed by atoms with E-state index in [1.54, 1.807) is 0 Å². The summed E-state index contributed by atoms with van der Waals surface area (Å²) in [4.78, 5) is 14.6. The lowest BCUT2D eigenvalue weighted by Gasteiger charge is -2.36. The number of carbonyl (C=O) groups excluding carboxylic acids is 1. The zero-order chi connectivity index (χ0) is 17.4. The standard InChI is InChI=1S/C20H28N2O3/c23-18(21-11-9-14-5-1-2-6-15(14)13-21)10-12-22-19(24)16-7-3-4-8-17(16)20(22)25/h6,14,24-25H,1-5,7-13H2. The summed E-state index contributed by atoms with van der Waals surface area (Å²) in [6.45, 7) is 1.95. The molecule has 1 amide bonds. The summed E-state index contributed by atoms with van der Waals surface area (Å²) in [7, 11) is 0. The van der Waals surface area contributed by atoms with E-state index < -0.39 is 0 Å². The van der Waals surface area contributed by atoms with Crippen molar-refractivity contribution >= 4 is 5.91 Å². The fraction of sp³-hybridized carbons (Fsp3) is 0.650. The first kappa shape index (κ1) is 16.6. The first-order chi connectivity index (χ1) is 12.1. The molecule has 1 atom stereocenters.